The zero-order valence-corrected chi connectivity index (χ0v) is 14.9. The molecule has 0 saturated carbocycles. The van der Waals surface area contributed by atoms with Gasteiger partial charge in [0.25, 0.3) is 0 Å². The Kier molecular flexibility index (Phi) is 4.95. The van der Waals surface area contributed by atoms with Crippen molar-refractivity contribution in [3.05, 3.63) is 56.0 Å². The van der Waals surface area contributed by atoms with Crippen LogP contribution in [0.5, 0.6) is 0 Å². The minimum absolute atomic E-state index is 0.0445. The van der Waals surface area contributed by atoms with Gasteiger partial charge in [0.05, 0.1) is 24.6 Å². The van der Waals surface area contributed by atoms with E-state index in [9.17, 15) is 20.2 Å². The first-order valence-electron chi connectivity index (χ1n) is 8.06. The highest BCUT2D eigenvalue weighted by Crippen LogP contribution is 2.20. The van der Waals surface area contributed by atoms with Gasteiger partial charge in [0.1, 0.15) is 9.85 Å². The number of rotatable bonds is 8. The molecule has 0 fully saturated rings. The highest BCUT2D eigenvalue weighted by molar-refractivity contribution is 5.80. The van der Waals surface area contributed by atoms with Crippen LogP contribution < -0.4 is 10.9 Å². The van der Waals surface area contributed by atoms with Crippen molar-refractivity contribution in [3.63, 3.8) is 0 Å². The normalized spacial score (nSPS) is 11.5. The average molecular weight is 428 g/mol. The Balaban J connectivity index is 1.52. The topological polar surface area (TPSA) is 226 Å². The van der Waals surface area contributed by atoms with Gasteiger partial charge in [-0.25, -0.2) is 4.63 Å². The molecule has 4 heterocycles. The van der Waals surface area contributed by atoms with Gasteiger partial charge in [-0.05, 0) is 22.4 Å². The summed E-state index contributed by atoms with van der Waals surface area (Å²) < 4.78 is 14.4. The quantitative estimate of drug-likeness (QED) is 0.232. The summed E-state index contributed by atoms with van der Waals surface area (Å²) in [6.45, 7) is 0. The first-order valence-corrected chi connectivity index (χ1v) is 8.06. The molecule has 2 N–H and O–H groups in total. The van der Waals surface area contributed by atoms with Crippen LogP contribution in [0, 0.1) is 20.2 Å². The fraction of sp³-hybridized carbons (Fsp3) is 0. The molecule has 17 nitrogen and oxygen atoms in total. The molecule has 0 saturated heterocycles. The maximum Gasteiger partial charge on any atom is 0.433 e. The first-order chi connectivity index (χ1) is 15.0. The van der Waals surface area contributed by atoms with E-state index in [0.717, 1.165) is 0 Å². The van der Waals surface area contributed by atoms with Crippen LogP contribution in [0.15, 0.2) is 47.9 Å². The number of aromatic nitrogens is 4. The van der Waals surface area contributed by atoms with Crippen molar-refractivity contribution >= 4 is 47.1 Å². The molecule has 17 heteroatoms. The summed E-state index contributed by atoms with van der Waals surface area (Å²) in [4.78, 5) is 28.1. The largest absolute Gasteiger partial charge is 0.433 e. The molecule has 0 aromatic carbocycles. The van der Waals surface area contributed by atoms with Crippen molar-refractivity contribution in [2.24, 2.45) is 10.2 Å². The summed E-state index contributed by atoms with van der Waals surface area (Å²) in [5, 5.41) is 36.1. The molecular weight excluding hydrogens is 420 g/mol. The van der Waals surface area contributed by atoms with Crippen molar-refractivity contribution in [2.45, 2.75) is 0 Å². The first kappa shape index (κ1) is 19.1. The summed E-state index contributed by atoms with van der Waals surface area (Å²) in [5.41, 5.74) is 5.26. The lowest BCUT2D eigenvalue weighted by molar-refractivity contribution is -0.402. The summed E-state index contributed by atoms with van der Waals surface area (Å²) in [5.74, 6) is -0.560. The molecule has 0 amide bonds. The van der Waals surface area contributed by atoms with Crippen molar-refractivity contribution in [3.8, 4) is 0 Å². The second-order valence-corrected chi connectivity index (χ2v) is 5.44. The number of nitro groups is 2. The van der Waals surface area contributed by atoms with Gasteiger partial charge in [-0.1, -0.05) is 0 Å². The molecule has 0 spiro atoms. The van der Waals surface area contributed by atoms with Gasteiger partial charge < -0.3 is 8.83 Å². The van der Waals surface area contributed by atoms with E-state index in [2.05, 4.69) is 46.0 Å². The third kappa shape index (κ3) is 4.29. The number of hydrazone groups is 2. The fourth-order valence-electron chi connectivity index (χ4n) is 2.13. The molecule has 0 bridgehead atoms. The Hall–Kier alpha value is -5.22. The number of fused-ring (bicyclic) bond motifs is 1. The summed E-state index contributed by atoms with van der Waals surface area (Å²) in [7, 11) is 0. The Bertz CT molecular complexity index is 1220. The van der Waals surface area contributed by atoms with Crippen LogP contribution in [0.1, 0.15) is 11.5 Å². The van der Waals surface area contributed by atoms with Gasteiger partial charge in [0.15, 0.2) is 23.2 Å². The molecule has 0 unspecified atom stereocenters. The lowest BCUT2D eigenvalue weighted by atomic mass is 10.5. The maximum atomic E-state index is 10.6. The predicted molar refractivity (Wildman–Crippen MR) is 101 cm³/mol. The summed E-state index contributed by atoms with van der Waals surface area (Å²) in [6.07, 6.45) is 2.35. The third-order valence-electron chi connectivity index (χ3n) is 3.42. The molecule has 31 heavy (non-hydrogen) atoms. The molecule has 0 atom stereocenters. The monoisotopic (exact) mass is 428 g/mol. The van der Waals surface area contributed by atoms with Crippen molar-refractivity contribution in [2.75, 3.05) is 10.9 Å². The van der Waals surface area contributed by atoms with E-state index in [1.54, 1.807) is 0 Å². The molecule has 156 valence electrons. The zero-order valence-electron chi connectivity index (χ0n) is 14.9. The van der Waals surface area contributed by atoms with E-state index in [4.69, 9.17) is 8.83 Å². The Morgan fingerprint density at radius 2 is 1.26 bits per heavy atom. The van der Waals surface area contributed by atoms with Gasteiger partial charge in [-0.2, -0.15) is 20.2 Å². The van der Waals surface area contributed by atoms with Crippen LogP contribution in [0.4, 0.5) is 23.4 Å². The molecule has 0 aliphatic rings. The SMILES string of the molecule is O=[N+]([O-])c1ccc(C=NNc2nc3nonc3nc2NN=Cc2ccc([N+](=O)[O-])o2)o1. The van der Waals surface area contributed by atoms with E-state index in [1.165, 1.54) is 36.7 Å². The van der Waals surface area contributed by atoms with Gasteiger partial charge in [-0.3, -0.25) is 31.1 Å². The molecule has 0 radical (unpaired) electrons. The Labute approximate surface area is 168 Å². The van der Waals surface area contributed by atoms with E-state index >= 15 is 0 Å². The molecule has 4 rings (SSSR count). The number of hydrogen-bond donors (Lipinski definition) is 2. The molecule has 4 aromatic rings. The molecule has 0 aliphatic carbocycles. The fourth-order valence-corrected chi connectivity index (χ4v) is 2.13. The minimum atomic E-state index is -0.685. The summed E-state index contributed by atoms with van der Waals surface area (Å²) in [6, 6.07) is 5.06. The van der Waals surface area contributed by atoms with Gasteiger partial charge in [0, 0.05) is 0 Å². The van der Waals surface area contributed by atoms with Gasteiger partial charge in [-0.15, -0.1) is 0 Å². The standard InChI is InChI=1S/C14H8N10O7/c25-23(26)9-3-1-7(29-9)5-15-19-11-12(18-14-13(17-11)21-31-22-14)20-16-6-8-2-4-10(30-8)24(27)28/h1-6H,(H,17,19,21)(H,18,20,22). The van der Waals surface area contributed by atoms with Crippen molar-refractivity contribution in [1.29, 1.82) is 0 Å². The maximum absolute atomic E-state index is 10.6. The van der Waals surface area contributed by atoms with Crippen molar-refractivity contribution in [1.82, 2.24) is 20.3 Å². The van der Waals surface area contributed by atoms with E-state index in [-0.39, 0.29) is 34.5 Å². The lowest BCUT2D eigenvalue weighted by Gasteiger charge is -2.04. The van der Waals surface area contributed by atoms with Crippen LogP contribution >= 0.6 is 0 Å². The van der Waals surface area contributed by atoms with E-state index in [0.29, 0.717) is 0 Å². The molecule has 0 aliphatic heterocycles. The lowest BCUT2D eigenvalue weighted by Crippen LogP contribution is -2.03. The Morgan fingerprint density at radius 1 is 0.806 bits per heavy atom. The highest BCUT2D eigenvalue weighted by atomic mass is 16.7. The Morgan fingerprint density at radius 3 is 1.65 bits per heavy atom. The van der Waals surface area contributed by atoms with E-state index < -0.39 is 21.6 Å². The van der Waals surface area contributed by atoms with Crippen LogP contribution in [0.3, 0.4) is 0 Å². The third-order valence-corrected chi connectivity index (χ3v) is 3.42. The number of anilines is 2. The van der Waals surface area contributed by atoms with Gasteiger partial charge in [0.2, 0.25) is 11.3 Å². The van der Waals surface area contributed by atoms with Crippen molar-refractivity contribution < 1.29 is 23.3 Å². The van der Waals surface area contributed by atoms with E-state index in [1.807, 2.05) is 0 Å². The number of furan rings is 2. The number of hydrogen-bond acceptors (Lipinski definition) is 15. The van der Waals surface area contributed by atoms with Crippen LogP contribution in [-0.4, -0.2) is 42.6 Å². The molecule has 4 aromatic heterocycles. The van der Waals surface area contributed by atoms with Crippen LogP contribution in [-0.2, 0) is 0 Å². The average Bonchev–Trinajstić information content (AvgIpc) is 3.48. The summed E-state index contributed by atoms with van der Waals surface area (Å²) >= 11 is 0. The number of nitrogens with zero attached hydrogens (tertiary/aromatic N) is 8. The molecular formula is C14H8N10O7. The second-order valence-electron chi connectivity index (χ2n) is 5.44. The second kappa shape index (κ2) is 8.03. The highest BCUT2D eigenvalue weighted by Gasteiger charge is 2.14. The van der Waals surface area contributed by atoms with Crippen LogP contribution in [0.2, 0.25) is 0 Å². The van der Waals surface area contributed by atoms with Gasteiger partial charge >= 0.3 is 11.8 Å². The smallest absolute Gasteiger partial charge is 0.400 e. The predicted octanol–water partition coefficient (Wildman–Crippen LogP) is 1.91. The zero-order chi connectivity index (χ0) is 21.8. The number of nitrogens with one attached hydrogen (secondary N) is 2. The minimum Gasteiger partial charge on any atom is -0.400 e. The van der Waals surface area contributed by atoms with Crippen LogP contribution in [0.25, 0.3) is 11.3 Å².